The maximum atomic E-state index is 11.9. The number of rotatable bonds is 4. The van der Waals surface area contributed by atoms with E-state index in [1.807, 2.05) is 12.1 Å². The van der Waals surface area contributed by atoms with Crippen molar-refractivity contribution in [3.05, 3.63) is 53.3 Å². The number of ether oxygens (including phenoxy) is 1. The van der Waals surface area contributed by atoms with Gasteiger partial charge in [-0.3, -0.25) is 4.79 Å². The van der Waals surface area contributed by atoms with Gasteiger partial charge in [0.2, 0.25) is 0 Å². The lowest BCUT2D eigenvalue weighted by atomic mass is 10.2. The molecule has 1 aromatic carbocycles. The zero-order valence-electron chi connectivity index (χ0n) is 11.5. The van der Waals surface area contributed by atoms with Gasteiger partial charge in [-0.15, -0.1) is 0 Å². The lowest BCUT2D eigenvalue weighted by Gasteiger charge is -2.08. The topological polar surface area (TPSA) is 101 Å². The molecule has 0 bridgehead atoms. The molecular weight excluding hydrogens is 268 g/mol. The summed E-state index contributed by atoms with van der Waals surface area (Å²) in [5.41, 5.74) is 7.84. The third kappa shape index (κ3) is 3.48. The summed E-state index contributed by atoms with van der Waals surface area (Å²) >= 11 is 0. The van der Waals surface area contributed by atoms with E-state index < -0.39 is 0 Å². The quantitative estimate of drug-likeness (QED) is 0.827. The number of nitrogen functional groups attached to an aromatic ring is 1. The molecule has 21 heavy (non-hydrogen) atoms. The number of pyridine rings is 1. The molecule has 2 aromatic rings. The van der Waals surface area contributed by atoms with Crippen molar-refractivity contribution < 1.29 is 9.53 Å². The Kier molecular flexibility index (Phi) is 4.36. The summed E-state index contributed by atoms with van der Waals surface area (Å²) in [4.78, 5) is 15.8. The van der Waals surface area contributed by atoms with Crippen molar-refractivity contribution in [1.82, 2.24) is 10.3 Å². The van der Waals surface area contributed by atoms with Crippen LogP contribution in [0.1, 0.15) is 21.6 Å². The maximum absolute atomic E-state index is 11.9. The van der Waals surface area contributed by atoms with Gasteiger partial charge < -0.3 is 15.8 Å². The van der Waals surface area contributed by atoms with Crippen LogP contribution in [0.25, 0.3) is 0 Å². The van der Waals surface area contributed by atoms with Crippen molar-refractivity contribution in [2.24, 2.45) is 0 Å². The van der Waals surface area contributed by atoms with Gasteiger partial charge in [-0.05, 0) is 29.8 Å². The Bertz CT molecular complexity index is 690. The normalized spacial score (nSPS) is 9.71. The molecule has 6 heteroatoms. The Hall–Kier alpha value is -3.07. The number of anilines is 1. The lowest BCUT2D eigenvalue weighted by Crippen LogP contribution is -2.23. The summed E-state index contributed by atoms with van der Waals surface area (Å²) in [5.74, 6) is 0.285. The number of nitrogens with one attached hydrogen (secondary N) is 1. The molecular formula is C15H14N4O2. The van der Waals surface area contributed by atoms with E-state index in [1.54, 1.807) is 25.3 Å². The summed E-state index contributed by atoms with van der Waals surface area (Å²) < 4.78 is 5.07. The zero-order valence-corrected chi connectivity index (χ0v) is 11.5. The van der Waals surface area contributed by atoms with E-state index >= 15 is 0 Å². The second-order valence-corrected chi connectivity index (χ2v) is 4.30. The van der Waals surface area contributed by atoms with Crippen LogP contribution in [-0.4, -0.2) is 18.0 Å². The average molecular weight is 282 g/mol. The van der Waals surface area contributed by atoms with Crippen molar-refractivity contribution >= 4 is 11.6 Å². The van der Waals surface area contributed by atoms with E-state index in [-0.39, 0.29) is 11.6 Å². The number of nitriles is 1. The fraction of sp³-hybridized carbons (Fsp3) is 0.133. The number of nitrogens with two attached hydrogens (primary N) is 1. The minimum Gasteiger partial charge on any atom is -0.495 e. The zero-order chi connectivity index (χ0) is 15.2. The molecule has 6 nitrogen and oxygen atoms in total. The van der Waals surface area contributed by atoms with E-state index in [9.17, 15) is 4.79 Å². The van der Waals surface area contributed by atoms with Crippen molar-refractivity contribution in [2.75, 3.05) is 12.8 Å². The number of nitrogens with zero attached hydrogens (tertiary/aromatic N) is 2. The van der Waals surface area contributed by atoms with Gasteiger partial charge in [0.15, 0.2) is 0 Å². The molecule has 0 saturated carbocycles. The molecule has 0 unspecified atom stereocenters. The van der Waals surface area contributed by atoms with E-state index in [0.717, 1.165) is 5.56 Å². The van der Waals surface area contributed by atoms with Crippen molar-refractivity contribution in [3.63, 3.8) is 0 Å². The number of carbonyl (C=O) groups is 1. The number of hydrogen-bond donors (Lipinski definition) is 2. The van der Waals surface area contributed by atoms with Crippen LogP contribution in [0.3, 0.4) is 0 Å². The lowest BCUT2D eigenvalue weighted by molar-refractivity contribution is 0.0946. The standard InChI is InChI=1S/C15H14N4O2/c1-21-14-5-3-10(6-12(14)17)8-19-15(20)13-4-2-11(7-16)9-18-13/h2-6,9H,8,17H2,1H3,(H,19,20). The summed E-state index contributed by atoms with van der Waals surface area (Å²) in [7, 11) is 1.55. The molecule has 0 atom stereocenters. The smallest absolute Gasteiger partial charge is 0.270 e. The molecule has 0 saturated heterocycles. The van der Waals surface area contributed by atoms with Crippen LogP contribution in [0.2, 0.25) is 0 Å². The predicted octanol–water partition coefficient (Wildman–Crippen LogP) is 1.47. The first-order valence-electron chi connectivity index (χ1n) is 6.21. The molecule has 2 rings (SSSR count). The second-order valence-electron chi connectivity index (χ2n) is 4.30. The van der Waals surface area contributed by atoms with Crippen LogP contribution in [0.15, 0.2) is 36.5 Å². The third-order valence-corrected chi connectivity index (χ3v) is 2.87. The van der Waals surface area contributed by atoms with Gasteiger partial charge in [0, 0.05) is 12.7 Å². The highest BCUT2D eigenvalue weighted by Crippen LogP contribution is 2.21. The van der Waals surface area contributed by atoms with E-state index in [4.69, 9.17) is 15.7 Å². The first kappa shape index (κ1) is 14.3. The first-order valence-corrected chi connectivity index (χ1v) is 6.21. The Morgan fingerprint density at radius 1 is 1.43 bits per heavy atom. The fourth-order valence-corrected chi connectivity index (χ4v) is 1.76. The molecule has 0 aliphatic rings. The van der Waals surface area contributed by atoms with Crippen molar-refractivity contribution in [3.8, 4) is 11.8 Å². The van der Waals surface area contributed by atoms with Crippen molar-refractivity contribution in [1.29, 1.82) is 5.26 Å². The monoisotopic (exact) mass is 282 g/mol. The molecule has 0 aliphatic heterocycles. The molecule has 0 aliphatic carbocycles. The average Bonchev–Trinajstić information content (AvgIpc) is 2.52. The second kappa shape index (κ2) is 6.39. The molecule has 106 valence electrons. The molecule has 0 fully saturated rings. The molecule has 1 amide bonds. The summed E-state index contributed by atoms with van der Waals surface area (Å²) in [5, 5.41) is 11.4. The van der Waals surface area contributed by atoms with Gasteiger partial charge in [0.25, 0.3) is 5.91 Å². The Morgan fingerprint density at radius 2 is 2.24 bits per heavy atom. The fourth-order valence-electron chi connectivity index (χ4n) is 1.76. The number of amides is 1. The first-order chi connectivity index (χ1) is 10.1. The van der Waals surface area contributed by atoms with E-state index in [1.165, 1.54) is 12.3 Å². The van der Waals surface area contributed by atoms with E-state index in [2.05, 4.69) is 10.3 Å². The minimum atomic E-state index is -0.311. The predicted molar refractivity (Wildman–Crippen MR) is 77.5 cm³/mol. The summed E-state index contributed by atoms with van der Waals surface area (Å²) in [6.07, 6.45) is 1.36. The number of aromatic nitrogens is 1. The number of carbonyl (C=O) groups excluding carboxylic acids is 1. The third-order valence-electron chi connectivity index (χ3n) is 2.87. The summed E-state index contributed by atoms with van der Waals surface area (Å²) in [6.45, 7) is 0.328. The van der Waals surface area contributed by atoms with Gasteiger partial charge >= 0.3 is 0 Å². The Balaban J connectivity index is 2.00. The van der Waals surface area contributed by atoms with Crippen LogP contribution in [0.5, 0.6) is 5.75 Å². The highest BCUT2D eigenvalue weighted by molar-refractivity contribution is 5.92. The van der Waals surface area contributed by atoms with Gasteiger partial charge in [0.05, 0.1) is 18.4 Å². The van der Waals surface area contributed by atoms with Crippen molar-refractivity contribution in [2.45, 2.75) is 6.54 Å². The van der Waals surface area contributed by atoms with Gasteiger partial charge in [-0.2, -0.15) is 5.26 Å². The Labute approximate surface area is 122 Å². The maximum Gasteiger partial charge on any atom is 0.270 e. The molecule has 1 heterocycles. The van der Waals surface area contributed by atoms with Gasteiger partial charge in [-0.1, -0.05) is 6.07 Å². The summed E-state index contributed by atoms with van der Waals surface area (Å²) in [6, 6.07) is 10.3. The number of methoxy groups -OCH3 is 1. The highest BCUT2D eigenvalue weighted by Gasteiger charge is 2.07. The molecule has 3 N–H and O–H groups in total. The molecule has 1 aromatic heterocycles. The molecule has 0 spiro atoms. The van der Waals surface area contributed by atoms with Crippen LogP contribution in [0.4, 0.5) is 5.69 Å². The van der Waals surface area contributed by atoms with Crippen LogP contribution in [0, 0.1) is 11.3 Å². The number of benzene rings is 1. The SMILES string of the molecule is COc1ccc(CNC(=O)c2ccc(C#N)cn2)cc1N. The number of hydrogen-bond acceptors (Lipinski definition) is 5. The minimum absolute atomic E-state index is 0.260. The van der Waals surface area contributed by atoms with Gasteiger partial charge in [-0.25, -0.2) is 4.98 Å². The highest BCUT2D eigenvalue weighted by atomic mass is 16.5. The largest absolute Gasteiger partial charge is 0.495 e. The van der Waals surface area contributed by atoms with Crippen LogP contribution in [-0.2, 0) is 6.54 Å². The Morgan fingerprint density at radius 3 is 2.81 bits per heavy atom. The molecule has 0 radical (unpaired) electrons. The van der Waals surface area contributed by atoms with Crippen LogP contribution >= 0.6 is 0 Å². The van der Waals surface area contributed by atoms with E-state index in [0.29, 0.717) is 23.5 Å². The van der Waals surface area contributed by atoms with Gasteiger partial charge in [0.1, 0.15) is 17.5 Å². The van der Waals surface area contributed by atoms with Crippen LogP contribution < -0.4 is 15.8 Å².